The highest BCUT2D eigenvalue weighted by Crippen LogP contribution is 2.20. The number of hydrogen-bond acceptors (Lipinski definition) is 4. The number of hydrogen-bond donors (Lipinski definition) is 0. The maximum Gasteiger partial charge on any atom is 0.225 e. The molecule has 0 amide bonds. The van der Waals surface area contributed by atoms with E-state index in [0.29, 0.717) is 5.89 Å². The third-order valence-corrected chi connectivity index (χ3v) is 2.15. The van der Waals surface area contributed by atoms with Gasteiger partial charge in [-0.2, -0.15) is 0 Å². The van der Waals surface area contributed by atoms with Crippen molar-refractivity contribution in [3.63, 3.8) is 0 Å². The van der Waals surface area contributed by atoms with Crippen LogP contribution >= 0.6 is 0 Å². The Morgan fingerprint density at radius 1 is 0.867 bits per heavy atom. The summed E-state index contributed by atoms with van der Waals surface area (Å²) in [5, 5.41) is 0. The zero-order chi connectivity index (χ0) is 10.1. The molecule has 2 aromatic heterocycles. The largest absolute Gasteiger partial charge is 0.445 e. The van der Waals surface area contributed by atoms with Crippen LogP contribution in [0.25, 0.3) is 22.5 Å². The van der Waals surface area contributed by atoms with Crippen molar-refractivity contribution in [2.24, 2.45) is 0 Å². The Morgan fingerprint density at radius 3 is 2.53 bits per heavy atom. The van der Waals surface area contributed by atoms with Gasteiger partial charge >= 0.3 is 0 Å². The Labute approximate surface area is 85.6 Å². The second kappa shape index (κ2) is 3.16. The van der Waals surface area contributed by atoms with Gasteiger partial charge in [0.25, 0.3) is 0 Å². The quantitative estimate of drug-likeness (QED) is 0.600. The van der Waals surface area contributed by atoms with Crippen molar-refractivity contribution < 1.29 is 4.42 Å². The SMILES string of the molecule is c1coc(-c2ccc3nccnc3c2)n1. The average Bonchev–Trinajstić information content (AvgIpc) is 2.82. The lowest BCUT2D eigenvalue weighted by atomic mass is 10.2. The van der Waals surface area contributed by atoms with E-state index in [-0.39, 0.29) is 0 Å². The lowest BCUT2D eigenvalue weighted by Gasteiger charge is -1.97. The fourth-order valence-electron chi connectivity index (χ4n) is 1.46. The van der Waals surface area contributed by atoms with Crippen molar-refractivity contribution in [2.45, 2.75) is 0 Å². The molecule has 2 heterocycles. The molecule has 0 saturated heterocycles. The van der Waals surface area contributed by atoms with Crippen LogP contribution < -0.4 is 0 Å². The van der Waals surface area contributed by atoms with Gasteiger partial charge in [0, 0.05) is 18.0 Å². The molecule has 72 valence electrons. The molecule has 0 aliphatic rings. The first kappa shape index (κ1) is 8.11. The lowest BCUT2D eigenvalue weighted by molar-refractivity contribution is 0.574. The van der Waals surface area contributed by atoms with E-state index in [4.69, 9.17) is 4.42 Å². The Balaban J connectivity index is 2.22. The van der Waals surface area contributed by atoms with Crippen LogP contribution in [0.15, 0.2) is 47.5 Å². The summed E-state index contributed by atoms with van der Waals surface area (Å²) in [7, 11) is 0. The Morgan fingerprint density at radius 2 is 1.73 bits per heavy atom. The van der Waals surface area contributed by atoms with Crippen LogP contribution in [0.3, 0.4) is 0 Å². The zero-order valence-corrected chi connectivity index (χ0v) is 7.79. The molecular formula is C11H7N3O. The van der Waals surface area contributed by atoms with E-state index >= 15 is 0 Å². The first-order chi connectivity index (χ1) is 7.43. The number of oxazole rings is 1. The molecule has 0 N–H and O–H groups in total. The van der Waals surface area contributed by atoms with Crippen LogP contribution in [0, 0.1) is 0 Å². The second-order valence-electron chi connectivity index (χ2n) is 3.10. The van der Waals surface area contributed by atoms with Gasteiger partial charge in [0.1, 0.15) is 6.26 Å². The molecule has 0 aliphatic carbocycles. The molecule has 4 heteroatoms. The molecule has 3 rings (SSSR count). The summed E-state index contributed by atoms with van der Waals surface area (Å²) >= 11 is 0. The predicted molar refractivity (Wildman–Crippen MR) is 55.0 cm³/mol. The van der Waals surface area contributed by atoms with E-state index in [0.717, 1.165) is 16.6 Å². The summed E-state index contributed by atoms with van der Waals surface area (Å²) in [4.78, 5) is 12.5. The van der Waals surface area contributed by atoms with Crippen molar-refractivity contribution >= 4 is 11.0 Å². The number of fused-ring (bicyclic) bond motifs is 1. The van der Waals surface area contributed by atoms with Gasteiger partial charge in [0.2, 0.25) is 5.89 Å². The number of aromatic nitrogens is 3. The van der Waals surface area contributed by atoms with E-state index in [2.05, 4.69) is 15.0 Å². The zero-order valence-electron chi connectivity index (χ0n) is 7.79. The molecule has 0 fully saturated rings. The Hall–Kier alpha value is -2.23. The van der Waals surface area contributed by atoms with Crippen molar-refractivity contribution in [1.29, 1.82) is 0 Å². The van der Waals surface area contributed by atoms with Crippen LogP contribution in [-0.2, 0) is 0 Å². The molecule has 3 aromatic rings. The third-order valence-electron chi connectivity index (χ3n) is 2.15. The van der Waals surface area contributed by atoms with Crippen LogP contribution in [0.5, 0.6) is 0 Å². The van der Waals surface area contributed by atoms with Crippen molar-refractivity contribution in [3.05, 3.63) is 43.1 Å². The first-order valence-corrected chi connectivity index (χ1v) is 4.54. The molecule has 0 unspecified atom stereocenters. The summed E-state index contributed by atoms with van der Waals surface area (Å²) in [6.07, 6.45) is 6.52. The summed E-state index contributed by atoms with van der Waals surface area (Å²) in [6, 6.07) is 5.74. The molecule has 0 radical (unpaired) electrons. The highest BCUT2D eigenvalue weighted by atomic mass is 16.3. The summed E-state index contributed by atoms with van der Waals surface area (Å²) in [6.45, 7) is 0. The predicted octanol–water partition coefficient (Wildman–Crippen LogP) is 2.28. The molecule has 0 spiro atoms. The van der Waals surface area contributed by atoms with Gasteiger partial charge in [0.05, 0.1) is 17.2 Å². The third kappa shape index (κ3) is 1.36. The standard InChI is InChI=1S/C11H7N3O/c1-2-9-10(13-4-3-12-9)7-8(1)11-14-5-6-15-11/h1-7H. The van der Waals surface area contributed by atoms with Gasteiger partial charge in [-0.1, -0.05) is 0 Å². The molecule has 1 aromatic carbocycles. The van der Waals surface area contributed by atoms with Crippen LogP contribution in [0.2, 0.25) is 0 Å². The number of rotatable bonds is 1. The number of benzene rings is 1. The van der Waals surface area contributed by atoms with Gasteiger partial charge in [-0.25, -0.2) is 4.98 Å². The molecule has 15 heavy (non-hydrogen) atoms. The van der Waals surface area contributed by atoms with Crippen LogP contribution in [-0.4, -0.2) is 15.0 Å². The van der Waals surface area contributed by atoms with Crippen LogP contribution in [0.1, 0.15) is 0 Å². The van der Waals surface area contributed by atoms with Gasteiger partial charge in [-0.15, -0.1) is 0 Å². The van der Waals surface area contributed by atoms with E-state index < -0.39 is 0 Å². The van der Waals surface area contributed by atoms with Gasteiger partial charge < -0.3 is 4.42 Å². The maximum absolute atomic E-state index is 5.21. The highest BCUT2D eigenvalue weighted by Gasteiger charge is 2.03. The van der Waals surface area contributed by atoms with Gasteiger partial charge in [0.15, 0.2) is 0 Å². The van der Waals surface area contributed by atoms with E-state index in [1.165, 1.54) is 0 Å². The van der Waals surface area contributed by atoms with Gasteiger partial charge in [-0.3, -0.25) is 9.97 Å². The fraction of sp³-hybridized carbons (Fsp3) is 0. The molecule has 0 saturated carbocycles. The second-order valence-corrected chi connectivity index (χ2v) is 3.10. The van der Waals surface area contributed by atoms with Crippen LogP contribution in [0.4, 0.5) is 0 Å². The summed E-state index contributed by atoms with van der Waals surface area (Å²) in [5.41, 5.74) is 2.62. The highest BCUT2D eigenvalue weighted by molar-refractivity contribution is 5.79. The van der Waals surface area contributed by atoms with E-state index in [1.54, 1.807) is 24.9 Å². The smallest absolute Gasteiger partial charge is 0.225 e. The van der Waals surface area contributed by atoms with Gasteiger partial charge in [-0.05, 0) is 18.2 Å². The monoisotopic (exact) mass is 197 g/mol. The Bertz CT molecular complexity index is 590. The molecule has 0 atom stereocenters. The minimum atomic E-state index is 0.600. The minimum absolute atomic E-state index is 0.600. The van der Waals surface area contributed by atoms with E-state index in [1.807, 2.05) is 18.2 Å². The first-order valence-electron chi connectivity index (χ1n) is 4.54. The van der Waals surface area contributed by atoms with Crippen molar-refractivity contribution in [2.75, 3.05) is 0 Å². The summed E-state index contributed by atoms with van der Waals surface area (Å²) in [5.74, 6) is 0.600. The van der Waals surface area contributed by atoms with E-state index in [9.17, 15) is 0 Å². The molecule has 0 bridgehead atoms. The maximum atomic E-state index is 5.21. The molecule has 0 aliphatic heterocycles. The minimum Gasteiger partial charge on any atom is -0.445 e. The Kier molecular flexibility index (Phi) is 1.71. The van der Waals surface area contributed by atoms with Crippen molar-refractivity contribution in [1.82, 2.24) is 15.0 Å². The molecular weight excluding hydrogens is 190 g/mol. The topological polar surface area (TPSA) is 51.8 Å². The molecule has 4 nitrogen and oxygen atoms in total. The average molecular weight is 197 g/mol. The lowest BCUT2D eigenvalue weighted by Crippen LogP contribution is -1.83. The summed E-state index contributed by atoms with van der Waals surface area (Å²) < 4.78 is 5.21. The normalized spacial score (nSPS) is 10.7. The number of nitrogens with zero attached hydrogens (tertiary/aromatic N) is 3. The van der Waals surface area contributed by atoms with Crippen molar-refractivity contribution in [3.8, 4) is 11.5 Å². The fourth-order valence-corrected chi connectivity index (χ4v) is 1.46.